The summed E-state index contributed by atoms with van der Waals surface area (Å²) < 4.78 is 39.3. The Morgan fingerprint density at radius 1 is 0.881 bits per heavy atom. The molecule has 2 aromatic heterocycles. The SMILES string of the molecule is COc1cc2nccc(Oc3ccc(-c4cnc(-c5cccc(OCCN(C)C)c5)n(C)c4=O)cc3F)c2cc1OC. The summed E-state index contributed by atoms with van der Waals surface area (Å²) in [6.45, 7) is 1.31. The van der Waals surface area contributed by atoms with Gasteiger partial charge in [-0.25, -0.2) is 9.37 Å². The molecule has 0 aliphatic rings. The number of rotatable bonds is 10. The van der Waals surface area contributed by atoms with E-state index in [1.165, 1.54) is 30.0 Å². The molecule has 0 unspecified atom stereocenters. The minimum atomic E-state index is -0.633. The van der Waals surface area contributed by atoms with Gasteiger partial charge in [0.05, 0.1) is 25.3 Å². The zero-order valence-corrected chi connectivity index (χ0v) is 24.1. The highest BCUT2D eigenvalue weighted by atomic mass is 19.1. The Morgan fingerprint density at radius 3 is 2.40 bits per heavy atom. The molecule has 0 fully saturated rings. The van der Waals surface area contributed by atoms with Gasteiger partial charge in [-0.3, -0.25) is 14.3 Å². The first-order valence-electron chi connectivity index (χ1n) is 13.2. The highest BCUT2D eigenvalue weighted by molar-refractivity contribution is 5.88. The first kappa shape index (κ1) is 28.6. The van der Waals surface area contributed by atoms with Crippen LogP contribution in [0.2, 0.25) is 0 Å². The molecule has 5 aromatic rings. The van der Waals surface area contributed by atoms with Gasteiger partial charge in [0.15, 0.2) is 23.1 Å². The summed E-state index contributed by atoms with van der Waals surface area (Å²) in [6, 6.07) is 16.9. The summed E-state index contributed by atoms with van der Waals surface area (Å²) in [4.78, 5) is 24.3. The quantitative estimate of drug-likeness (QED) is 0.216. The first-order valence-corrected chi connectivity index (χ1v) is 13.2. The van der Waals surface area contributed by atoms with Gasteiger partial charge in [0.2, 0.25) is 0 Å². The van der Waals surface area contributed by atoms with Crippen molar-refractivity contribution in [1.29, 1.82) is 0 Å². The van der Waals surface area contributed by atoms with Crippen LogP contribution in [-0.4, -0.2) is 60.9 Å². The molecule has 3 aromatic carbocycles. The lowest BCUT2D eigenvalue weighted by Gasteiger charge is -2.14. The second-order valence-corrected chi connectivity index (χ2v) is 9.82. The molecule has 0 saturated carbocycles. The monoisotopic (exact) mass is 570 g/mol. The molecule has 0 aliphatic carbocycles. The lowest BCUT2D eigenvalue weighted by atomic mass is 10.1. The van der Waals surface area contributed by atoms with Gasteiger partial charge >= 0.3 is 0 Å². The molecule has 0 amide bonds. The number of fused-ring (bicyclic) bond motifs is 1. The normalized spacial score (nSPS) is 11.1. The molecule has 0 atom stereocenters. The zero-order valence-electron chi connectivity index (χ0n) is 24.1. The van der Waals surface area contributed by atoms with Gasteiger partial charge in [-0.1, -0.05) is 18.2 Å². The van der Waals surface area contributed by atoms with Crippen molar-refractivity contribution in [2.75, 3.05) is 41.5 Å². The van der Waals surface area contributed by atoms with Gasteiger partial charge in [-0.15, -0.1) is 0 Å². The molecule has 0 saturated heterocycles. The van der Waals surface area contributed by atoms with E-state index < -0.39 is 5.82 Å². The molecule has 10 heteroatoms. The van der Waals surface area contributed by atoms with Crippen LogP contribution in [0.1, 0.15) is 0 Å². The van der Waals surface area contributed by atoms with Crippen molar-refractivity contribution in [1.82, 2.24) is 19.4 Å². The van der Waals surface area contributed by atoms with E-state index in [1.807, 2.05) is 43.3 Å². The summed E-state index contributed by atoms with van der Waals surface area (Å²) in [6.07, 6.45) is 3.03. The third-order valence-electron chi connectivity index (χ3n) is 6.74. The van der Waals surface area contributed by atoms with Gasteiger partial charge in [0.1, 0.15) is 23.9 Å². The van der Waals surface area contributed by atoms with Crippen LogP contribution in [0.5, 0.6) is 28.7 Å². The number of halogens is 1. The summed E-state index contributed by atoms with van der Waals surface area (Å²) in [5, 5.41) is 0.624. The predicted molar refractivity (Wildman–Crippen MR) is 159 cm³/mol. The molecule has 0 spiro atoms. The van der Waals surface area contributed by atoms with Crippen LogP contribution < -0.4 is 24.5 Å². The van der Waals surface area contributed by atoms with Crippen molar-refractivity contribution >= 4 is 10.9 Å². The fourth-order valence-corrected chi connectivity index (χ4v) is 4.49. The number of methoxy groups -OCH3 is 2. The second kappa shape index (κ2) is 12.3. The van der Waals surface area contributed by atoms with E-state index in [-0.39, 0.29) is 16.9 Å². The smallest absolute Gasteiger partial charge is 0.261 e. The highest BCUT2D eigenvalue weighted by Gasteiger charge is 2.16. The third kappa shape index (κ3) is 5.89. The molecule has 0 N–H and O–H groups in total. The fraction of sp³-hybridized carbons (Fsp3) is 0.219. The van der Waals surface area contributed by atoms with Gasteiger partial charge < -0.3 is 23.8 Å². The maximum absolute atomic E-state index is 15.3. The third-order valence-corrected chi connectivity index (χ3v) is 6.74. The largest absolute Gasteiger partial charge is 0.493 e. The van der Waals surface area contributed by atoms with E-state index in [9.17, 15) is 4.79 Å². The van der Waals surface area contributed by atoms with E-state index in [0.717, 1.165) is 12.1 Å². The number of likely N-dealkylation sites (N-methyl/N-ethyl adjacent to an activating group) is 1. The molecular formula is C32H31FN4O5. The molecule has 0 bridgehead atoms. The van der Waals surface area contributed by atoms with Crippen molar-refractivity contribution in [2.24, 2.45) is 7.05 Å². The van der Waals surface area contributed by atoms with E-state index in [2.05, 4.69) is 9.97 Å². The Hall–Kier alpha value is -4.96. The Balaban J connectivity index is 1.41. The Labute approximate surface area is 242 Å². The standard InChI is InChI=1S/C32H31FN4O5/c1-36(2)13-14-41-22-8-6-7-21(15-22)31-35-19-24(32(38)37(31)3)20-9-10-28(25(33)16-20)42-27-11-12-34-26-18-30(40-5)29(39-4)17-23(26)27/h6-12,15-19H,13-14H2,1-5H3. The maximum atomic E-state index is 15.3. The summed E-state index contributed by atoms with van der Waals surface area (Å²) in [5.41, 5.74) is 1.66. The fourth-order valence-electron chi connectivity index (χ4n) is 4.49. The van der Waals surface area contributed by atoms with Gasteiger partial charge in [0, 0.05) is 43.0 Å². The van der Waals surface area contributed by atoms with Crippen LogP contribution in [0.4, 0.5) is 4.39 Å². The number of pyridine rings is 1. The topological polar surface area (TPSA) is 87.9 Å². The maximum Gasteiger partial charge on any atom is 0.261 e. The van der Waals surface area contributed by atoms with E-state index >= 15 is 4.39 Å². The number of nitrogens with zero attached hydrogens (tertiary/aromatic N) is 4. The van der Waals surface area contributed by atoms with Crippen molar-refractivity contribution in [3.63, 3.8) is 0 Å². The van der Waals surface area contributed by atoms with E-state index in [0.29, 0.717) is 51.9 Å². The summed E-state index contributed by atoms with van der Waals surface area (Å²) in [7, 11) is 8.67. The first-order chi connectivity index (χ1) is 20.3. The number of hydrogen-bond acceptors (Lipinski definition) is 8. The Bertz CT molecular complexity index is 1800. The van der Waals surface area contributed by atoms with Crippen molar-refractivity contribution in [3.8, 4) is 51.3 Å². The molecule has 42 heavy (non-hydrogen) atoms. The average molecular weight is 571 g/mol. The Kier molecular flexibility index (Phi) is 8.35. The second-order valence-electron chi connectivity index (χ2n) is 9.82. The van der Waals surface area contributed by atoms with Gasteiger partial charge in [-0.05, 0) is 56.1 Å². The number of aromatic nitrogens is 3. The van der Waals surface area contributed by atoms with Crippen LogP contribution >= 0.6 is 0 Å². The molecule has 5 rings (SSSR count). The summed E-state index contributed by atoms with van der Waals surface area (Å²) in [5.74, 6) is 1.92. The number of hydrogen-bond donors (Lipinski definition) is 0. The van der Waals surface area contributed by atoms with Crippen LogP contribution in [0, 0.1) is 5.82 Å². The van der Waals surface area contributed by atoms with Crippen molar-refractivity contribution < 1.29 is 23.3 Å². The molecule has 2 heterocycles. The molecule has 0 aliphatic heterocycles. The van der Waals surface area contributed by atoms with Crippen LogP contribution in [-0.2, 0) is 7.05 Å². The van der Waals surface area contributed by atoms with E-state index in [4.69, 9.17) is 18.9 Å². The molecule has 216 valence electrons. The molecule has 9 nitrogen and oxygen atoms in total. The van der Waals surface area contributed by atoms with Crippen LogP contribution in [0.25, 0.3) is 33.4 Å². The lowest BCUT2D eigenvalue weighted by molar-refractivity contribution is 0.261. The van der Waals surface area contributed by atoms with Gasteiger partial charge in [-0.2, -0.15) is 0 Å². The molecular weight excluding hydrogens is 539 g/mol. The zero-order chi connectivity index (χ0) is 29.8. The molecule has 0 radical (unpaired) electrons. The lowest BCUT2D eigenvalue weighted by Crippen LogP contribution is -2.21. The minimum Gasteiger partial charge on any atom is -0.493 e. The number of benzene rings is 3. The van der Waals surface area contributed by atoms with Crippen LogP contribution in [0.15, 0.2) is 77.9 Å². The van der Waals surface area contributed by atoms with Gasteiger partial charge in [0.25, 0.3) is 5.56 Å². The van der Waals surface area contributed by atoms with Crippen molar-refractivity contribution in [3.05, 3.63) is 89.2 Å². The van der Waals surface area contributed by atoms with E-state index in [1.54, 1.807) is 44.6 Å². The highest BCUT2D eigenvalue weighted by Crippen LogP contribution is 2.37. The minimum absolute atomic E-state index is 0.00600. The average Bonchev–Trinajstić information content (AvgIpc) is 2.99. The van der Waals surface area contributed by atoms with Crippen molar-refractivity contribution in [2.45, 2.75) is 0 Å². The Morgan fingerprint density at radius 2 is 1.67 bits per heavy atom. The van der Waals surface area contributed by atoms with Crippen LogP contribution in [0.3, 0.4) is 0 Å². The predicted octanol–water partition coefficient (Wildman–Crippen LogP) is 5.55. The number of ether oxygens (including phenoxy) is 4. The summed E-state index contributed by atoms with van der Waals surface area (Å²) >= 11 is 0.